The van der Waals surface area contributed by atoms with Crippen molar-refractivity contribution in [2.24, 2.45) is 5.92 Å². The van der Waals surface area contributed by atoms with Crippen LogP contribution in [0.1, 0.15) is 51.9 Å². The Bertz CT molecular complexity index is 261. The number of hydrogen-bond acceptors (Lipinski definition) is 2. The van der Waals surface area contributed by atoms with Crippen molar-refractivity contribution in [1.82, 2.24) is 4.90 Å². The van der Waals surface area contributed by atoms with Crippen molar-refractivity contribution in [3.8, 4) is 0 Å². The van der Waals surface area contributed by atoms with E-state index in [2.05, 4.69) is 11.8 Å². The van der Waals surface area contributed by atoms with Crippen LogP contribution in [0.5, 0.6) is 0 Å². The Hall–Kier alpha value is -0.570. The molecule has 1 N–H and O–H groups in total. The number of carbonyl (C=O) groups is 1. The number of likely N-dealkylation sites (tertiary alicyclic amines) is 1. The fourth-order valence-electron chi connectivity index (χ4n) is 3.46. The molecule has 2 atom stereocenters. The monoisotopic (exact) mass is 225 g/mol. The third kappa shape index (κ3) is 2.10. The Morgan fingerprint density at radius 1 is 1.25 bits per heavy atom. The third-order valence-corrected chi connectivity index (χ3v) is 4.33. The maximum Gasteiger partial charge on any atom is 0.324 e. The summed E-state index contributed by atoms with van der Waals surface area (Å²) in [5.41, 5.74) is -0.530. The van der Waals surface area contributed by atoms with Gasteiger partial charge < -0.3 is 5.11 Å². The van der Waals surface area contributed by atoms with Crippen LogP contribution in [0, 0.1) is 5.92 Å². The first-order valence-corrected chi connectivity index (χ1v) is 6.63. The molecule has 0 amide bonds. The molecule has 3 nitrogen and oxygen atoms in total. The highest BCUT2D eigenvalue weighted by atomic mass is 16.4. The average Bonchev–Trinajstić information content (AvgIpc) is 2.30. The van der Waals surface area contributed by atoms with Crippen molar-refractivity contribution in [2.75, 3.05) is 13.1 Å². The van der Waals surface area contributed by atoms with Gasteiger partial charge in [0.25, 0.3) is 0 Å². The lowest BCUT2D eigenvalue weighted by Crippen LogP contribution is -2.58. The molecule has 0 aromatic heterocycles. The first kappa shape index (κ1) is 11.9. The van der Waals surface area contributed by atoms with Crippen LogP contribution in [-0.2, 0) is 4.79 Å². The fraction of sp³-hybridized carbons (Fsp3) is 0.923. The molecule has 2 unspecified atom stereocenters. The second-order valence-corrected chi connectivity index (χ2v) is 5.59. The summed E-state index contributed by atoms with van der Waals surface area (Å²) in [6.07, 6.45) is 7.58. The van der Waals surface area contributed by atoms with Gasteiger partial charge in [0, 0.05) is 0 Å². The van der Waals surface area contributed by atoms with Crippen LogP contribution < -0.4 is 0 Å². The molecule has 1 saturated carbocycles. The zero-order valence-corrected chi connectivity index (χ0v) is 10.2. The summed E-state index contributed by atoms with van der Waals surface area (Å²) in [6, 6.07) is 0. The maximum absolute atomic E-state index is 11.7. The molecular weight excluding hydrogens is 202 g/mol. The first-order valence-electron chi connectivity index (χ1n) is 6.63. The molecule has 2 rings (SSSR count). The number of hydrogen-bond donors (Lipinski definition) is 1. The van der Waals surface area contributed by atoms with E-state index < -0.39 is 11.5 Å². The molecular formula is C13H23NO2. The highest BCUT2D eigenvalue weighted by Crippen LogP contribution is 2.38. The molecule has 0 aromatic carbocycles. The summed E-state index contributed by atoms with van der Waals surface area (Å²) < 4.78 is 0. The number of rotatable bonds is 2. The van der Waals surface area contributed by atoms with E-state index in [1.54, 1.807) is 0 Å². The molecule has 1 aliphatic carbocycles. The van der Waals surface area contributed by atoms with Crippen molar-refractivity contribution in [2.45, 2.75) is 57.4 Å². The second-order valence-electron chi connectivity index (χ2n) is 5.59. The summed E-state index contributed by atoms with van der Waals surface area (Å²) in [6.45, 7) is 4.17. The summed E-state index contributed by atoms with van der Waals surface area (Å²) in [4.78, 5) is 13.9. The molecule has 16 heavy (non-hydrogen) atoms. The summed E-state index contributed by atoms with van der Waals surface area (Å²) >= 11 is 0. The summed E-state index contributed by atoms with van der Waals surface area (Å²) in [5.74, 6) is -0.0206. The van der Waals surface area contributed by atoms with Crippen LogP contribution in [0.3, 0.4) is 0 Å². The van der Waals surface area contributed by atoms with Crippen LogP contribution in [0.4, 0.5) is 0 Å². The quantitative estimate of drug-likeness (QED) is 0.785. The maximum atomic E-state index is 11.7. The Kier molecular flexibility index (Phi) is 3.53. The predicted octanol–water partition coefficient (Wildman–Crippen LogP) is 2.51. The van der Waals surface area contributed by atoms with E-state index in [-0.39, 0.29) is 0 Å². The Balaban J connectivity index is 2.16. The number of piperidine rings is 1. The van der Waals surface area contributed by atoms with Gasteiger partial charge in [-0.3, -0.25) is 9.69 Å². The SMILES string of the molecule is CC1CCCC(C(=O)O)(N2CCCCC2)C1. The topological polar surface area (TPSA) is 40.5 Å². The van der Waals surface area contributed by atoms with E-state index in [0.717, 1.165) is 32.4 Å². The van der Waals surface area contributed by atoms with Crippen LogP contribution in [0.25, 0.3) is 0 Å². The number of carboxylic acid groups (broad SMARTS) is 1. The Morgan fingerprint density at radius 3 is 2.50 bits per heavy atom. The molecule has 1 heterocycles. The van der Waals surface area contributed by atoms with E-state index in [0.29, 0.717) is 5.92 Å². The second kappa shape index (κ2) is 4.74. The van der Waals surface area contributed by atoms with E-state index in [4.69, 9.17) is 0 Å². The van der Waals surface area contributed by atoms with Crippen molar-refractivity contribution in [3.63, 3.8) is 0 Å². The number of aliphatic carboxylic acids is 1. The van der Waals surface area contributed by atoms with Crippen LogP contribution in [-0.4, -0.2) is 34.6 Å². The molecule has 0 radical (unpaired) electrons. The van der Waals surface area contributed by atoms with Crippen molar-refractivity contribution < 1.29 is 9.90 Å². The zero-order chi connectivity index (χ0) is 11.6. The van der Waals surface area contributed by atoms with E-state index in [9.17, 15) is 9.90 Å². The smallest absolute Gasteiger partial charge is 0.324 e. The molecule has 2 aliphatic rings. The molecule has 0 aromatic rings. The van der Waals surface area contributed by atoms with Gasteiger partial charge in [-0.1, -0.05) is 26.2 Å². The van der Waals surface area contributed by atoms with Crippen molar-refractivity contribution >= 4 is 5.97 Å². The summed E-state index contributed by atoms with van der Waals surface area (Å²) in [5, 5.41) is 9.62. The first-order chi connectivity index (χ1) is 7.65. The lowest BCUT2D eigenvalue weighted by Gasteiger charge is -2.46. The molecule has 0 spiro atoms. The van der Waals surface area contributed by atoms with E-state index >= 15 is 0 Å². The van der Waals surface area contributed by atoms with Crippen molar-refractivity contribution in [1.29, 1.82) is 0 Å². The predicted molar refractivity (Wildman–Crippen MR) is 63.4 cm³/mol. The lowest BCUT2D eigenvalue weighted by molar-refractivity contribution is -0.156. The van der Waals surface area contributed by atoms with Gasteiger partial charge in [0.1, 0.15) is 5.54 Å². The van der Waals surface area contributed by atoms with Gasteiger partial charge in [-0.05, 0) is 44.7 Å². The minimum atomic E-state index is -0.582. The van der Waals surface area contributed by atoms with E-state index in [1.807, 2.05) is 0 Å². The van der Waals surface area contributed by atoms with Crippen molar-refractivity contribution in [3.05, 3.63) is 0 Å². The van der Waals surface area contributed by atoms with Gasteiger partial charge in [0.2, 0.25) is 0 Å². The number of carboxylic acids is 1. The summed E-state index contributed by atoms with van der Waals surface area (Å²) in [7, 11) is 0. The molecule has 2 fully saturated rings. The van der Waals surface area contributed by atoms with Gasteiger partial charge in [-0.25, -0.2) is 0 Å². The van der Waals surface area contributed by atoms with Crippen LogP contribution in [0.15, 0.2) is 0 Å². The highest BCUT2D eigenvalue weighted by molar-refractivity contribution is 5.79. The highest BCUT2D eigenvalue weighted by Gasteiger charge is 2.46. The lowest BCUT2D eigenvalue weighted by atomic mass is 9.74. The number of nitrogens with zero attached hydrogens (tertiary/aromatic N) is 1. The van der Waals surface area contributed by atoms with E-state index in [1.165, 1.54) is 25.7 Å². The van der Waals surface area contributed by atoms with Gasteiger partial charge in [-0.15, -0.1) is 0 Å². The standard InChI is InChI=1S/C13H23NO2/c1-11-6-5-7-13(10-11,12(15)16)14-8-3-2-4-9-14/h11H,2-10H2,1H3,(H,15,16). The average molecular weight is 225 g/mol. The fourth-order valence-corrected chi connectivity index (χ4v) is 3.46. The van der Waals surface area contributed by atoms with Crippen LogP contribution >= 0.6 is 0 Å². The Morgan fingerprint density at radius 2 is 1.94 bits per heavy atom. The zero-order valence-electron chi connectivity index (χ0n) is 10.2. The molecule has 1 saturated heterocycles. The molecule has 92 valence electrons. The molecule has 3 heteroatoms. The minimum Gasteiger partial charge on any atom is -0.480 e. The molecule has 1 aliphatic heterocycles. The van der Waals surface area contributed by atoms with Gasteiger partial charge in [0.15, 0.2) is 0 Å². The normalized spacial score (nSPS) is 37.2. The Labute approximate surface area is 97.8 Å². The molecule has 0 bridgehead atoms. The largest absolute Gasteiger partial charge is 0.480 e. The third-order valence-electron chi connectivity index (χ3n) is 4.33. The van der Waals surface area contributed by atoms with Gasteiger partial charge >= 0.3 is 5.97 Å². The van der Waals surface area contributed by atoms with Crippen LogP contribution in [0.2, 0.25) is 0 Å². The van der Waals surface area contributed by atoms with Gasteiger partial charge in [0.05, 0.1) is 0 Å². The van der Waals surface area contributed by atoms with Gasteiger partial charge in [-0.2, -0.15) is 0 Å². The minimum absolute atomic E-state index is 0.530.